The first kappa shape index (κ1) is 28.4. The van der Waals surface area contributed by atoms with Gasteiger partial charge in [0.2, 0.25) is 0 Å². The van der Waals surface area contributed by atoms with E-state index in [-0.39, 0.29) is 13.1 Å². The van der Waals surface area contributed by atoms with E-state index in [9.17, 15) is 9.59 Å². The average Bonchev–Trinajstić information content (AvgIpc) is 3.58. The summed E-state index contributed by atoms with van der Waals surface area (Å²) in [7, 11) is 0. The molecule has 4 rings (SSSR count). The molecular formula is C26H32Cl2N4O6. The van der Waals surface area contributed by atoms with E-state index in [0.29, 0.717) is 58.5 Å². The lowest BCUT2D eigenvalue weighted by atomic mass is 10.1. The van der Waals surface area contributed by atoms with Crippen molar-refractivity contribution >= 4 is 46.3 Å². The van der Waals surface area contributed by atoms with Crippen LogP contribution in [0.4, 0.5) is 0 Å². The molecule has 2 aliphatic rings. The Kier molecular flexibility index (Phi) is 10.0. The van der Waals surface area contributed by atoms with Gasteiger partial charge in [-0.05, 0) is 25.7 Å². The maximum absolute atomic E-state index is 12.5. The minimum absolute atomic E-state index is 0.177. The van der Waals surface area contributed by atoms with Crippen LogP contribution in [0, 0.1) is 0 Å². The Bertz CT molecular complexity index is 1110. The Balaban J connectivity index is 1.31. The second-order valence-corrected chi connectivity index (χ2v) is 10.2. The molecule has 2 aromatic rings. The normalized spacial score (nSPS) is 17.3. The predicted molar refractivity (Wildman–Crippen MR) is 140 cm³/mol. The number of nitrogens with zero attached hydrogens (tertiary/aromatic N) is 4. The first-order valence-electron chi connectivity index (χ1n) is 13.0. The molecule has 0 unspecified atom stereocenters. The van der Waals surface area contributed by atoms with Gasteiger partial charge in [-0.15, -0.1) is 10.1 Å². The average molecular weight is 567 g/mol. The number of aromatic nitrogens is 2. The van der Waals surface area contributed by atoms with Crippen LogP contribution in [-0.4, -0.2) is 58.6 Å². The van der Waals surface area contributed by atoms with Gasteiger partial charge in [0.15, 0.2) is 0 Å². The van der Waals surface area contributed by atoms with Gasteiger partial charge in [-0.25, -0.2) is 9.59 Å². The highest BCUT2D eigenvalue weighted by Crippen LogP contribution is 2.31. The zero-order valence-corrected chi connectivity index (χ0v) is 23.1. The molecule has 4 heterocycles. The summed E-state index contributed by atoms with van der Waals surface area (Å²) in [4.78, 5) is 35.7. The number of aryl methyl sites for hydroxylation is 2. The van der Waals surface area contributed by atoms with E-state index >= 15 is 0 Å². The Labute approximate surface area is 231 Å². The summed E-state index contributed by atoms with van der Waals surface area (Å²) >= 11 is 12.9. The van der Waals surface area contributed by atoms with Crippen molar-refractivity contribution in [3.63, 3.8) is 0 Å². The first-order chi connectivity index (χ1) is 18.4. The minimum atomic E-state index is -1.13. The van der Waals surface area contributed by atoms with Crippen molar-refractivity contribution in [3.05, 3.63) is 45.1 Å². The van der Waals surface area contributed by atoms with Crippen LogP contribution in [-0.2, 0) is 32.1 Å². The quantitative estimate of drug-likeness (QED) is 0.352. The van der Waals surface area contributed by atoms with Crippen molar-refractivity contribution < 1.29 is 28.3 Å². The largest absolute Gasteiger partial charge is 0.438 e. The first-order valence-corrected chi connectivity index (χ1v) is 13.7. The zero-order chi connectivity index (χ0) is 27.1. The van der Waals surface area contributed by atoms with Gasteiger partial charge in [0.05, 0.1) is 13.1 Å². The van der Waals surface area contributed by atoms with Crippen molar-refractivity contribution in [2.24, 2.45) is 0 Å². The number of rotatable bonds is 10. The summed E-state index contributed by atoms with van der Waals surface area (Å²) in [5.74, 6) is -0.711. The molecule has 10 nitrogen and oxygen atoms in total. The Morgan fingerprint density at radius 1 is 0.816 bits per heavy atom. The van der Waals surface area contributed by atoms with Crippen molar-refractivity contribution in [1.82, 2.24) is 20.4 Å². The fourth-order valence-corrected chi connectivity index (χ4v) is 4.66. The fraction of sp³-hybridized carbons (Fsp3) is 0.538. The smallest absolute Gasteiger partial charge is 0.361 e. The Hall–Kier alpha value is -2.66. The lowest BCUT2D eigenvalue weighted by Crippen LogP contribution is -2.40. The van der Waals surface area contributed by atoms with Crippen LogP contribution in [0.3, 0.4) is 0 Å². The highest BCUT2D eigenvalue weighted by Gasteiger charge is 2.31. The van der Waals surface area contributed by atoms with Crippen molar-refractivity contribution in [1.29, 1.82) is 0 Å². The molecule has 0 aliphatic carbocycles. The van der Waals surface area contributed by atoms with Gasteiger partial charge in [0.25, 0.3) is 0 Å². The third-order valence-corrected chi connectivity index (χ3v) is 7.20. The van der Waals surface area contributed by atoms with E-state index < -0.39 is 11.9 Å². The Morgan fingerprint density at radius 2 is 1.24 bits per heavy atom. The molecule has 0 spiro atoms. The SMILES string of the molecule is CCCCc1cc(C2=C(Cl)CCN(OC(=O)C(=O)ON3CCC(Cl)=C(c4cc(CCCC)on4)C3)C2)no1. The lowest BCUT2D eigenvalue weighted by molar-refractivity contribution is -0.215. The summed E-state index contributed by atoms with van der Waals surface area (Å²) < 4.78 is 10.8. The molecular weight excluding hydrogens is 535 g/mol. The number of hydroxylamine groups is 4. The van der Waals surface area contributed by atoms with Crippen LogP contribution in [0.1, 0.15) is 75.3 Å². The van der Waals surface area contributed by atoms with E-state index in [4.69, 9.17) is 41.9 Å². The van der Waals surface area contributed by atoms with Gasteiger partial charge in [0.1, 0.15) is 22.9 Å². The maximum Gasteiger partial charge on any atom is 0.438 e. The number of carbonyl (C=O) groups is 2. The highest BCUT2D eigenvalue weighted by atomic mass is 35.5. The molecule has 0 N–H and O–H groups in total. The van der Waals surface area contributed by atoms with Gasteiger partial charge in [-0.2, -0.15) is 0 Å². The molecule has 0 saturated carbocycles. The van der Waals surface area contributed by atoms with E-state index in [0.717, 1.165) is 50.0 Å². The third-order valence-electron chi connectivity index (χ3n) is 6.37. The Morgan fingerprint density at radius 3 is 1.63 bits per heavy atom. The van der Waals surface area contributed by atoms with Crippen LogP contribution in [0.5, 0.6) is 0 Å². The van der Waals surface area contributed by atoms with Crippen LogP contribution in [0.25, 0.3) is 11.1 Å². The molecule has 0 aromatic carbocycles. The number of halogens is 2. The molecule has 0 saturated heterocycles. The van der Waals surface area contributed by atoms with E-state index in [1.54, 1.807) is 0 Å². The van der Waals surface area contributed by atoms with Crippen molar-refractivity contribution in [3.8, 4) is 0 Å². The van der Waals surface area contributed by atoms with E-state index in [1.165, 1.54) is 10.1 Å². The number of hydrogen-bond donors (Lipinski definition) is 0. The third kappa shape index (κ3) is 7.25. The van der Waals surface area contributed by atoms with E-state index in [2.05, 4.69) is 24.2 Å². The van der Waals surface area contributed by atoms with Gasteiger partial charge < -0.3 is 18.7 Å². The number of hydrogen-bond acceptors (Lipinski definition) is 10. The highest BCUT2D eigenvalue weighted by molar-refractivity contribution is 6.33. The molecule has 0 bridgehead atoms. The molecule has 0 amide bonds. The molecule has 206 valence electrons. The summed E-state index contributed by atoms with van der Waals surface area (Å²) in [5, 5.41) is 12.2. The van der Waals surface area contributed by atoms with Gasteiger partial charge >= 0.3 is 11.9 Å². The van der Waals surface area contributed by atoms with Crippen LogP contribution in [0.15, 0.2) is 31.2 Å². The standard InChI is InChI=1S/C26H32Cl2N4O6/c1-3-5-7-17-13-23(29-35-17)19-15-31(11-9-21(19)27)37-25(33)26(34)38-32-12-10-22(28)20(16-32)24-14-18(36-30-24)8-6-4-2/h13-14H,3-12,15-16H2,1-2H3. The van der Waals surface area contributed by atoms with Crippen LogP contribution in [0.2, 0.25) is 0 Å². The molecule has 2 aliphatic heterocycles. The van der Waals surface area contributed by atoms with Gasteiger partial charge in [-0.3, -0.25) is 0 Å². The minimum Gasteiger partial charge on any atom is -0.361 e. The summed E-state index contributed by atoms with van der Waals surface area (Å²) in [5.41, 5.74) is 2.58. The number of unbranched alkanes of at least 4 members (excludes halogenated alkanes) is 2. The second kappa shape index (κ2) is 13.4. The monoisotopic (exact) mass is 566 g/mol. The molecule has 38 heavy (non-hydrogen) atoms. The van der Waals surface area contributed by atoms with Crippen LogP contribution >= 0.6 is 23.2 Å². The van der Waals surface area contributed by atoms with Crippen molar-refractivity contribution in [2.75, 3.05) is 26.2 Å². The number of carbonyl (C=O) groups excluding carboxylic acids is 2. The molecule has 0 radical (unpaired) electrons. The van der Waals surface area contributed by atoms with E-state index in [1.807, 2.05) is 12.1 Å². The lowest BCUT2D eigenvalue weighted by Gasteiger charge is -2.28. The summed E-state index contributed by atoms with van der Waals surface area (Å²) in [6.07, 6.45) is 6.52. The molecule has 12 heteroatoms. The second-order valence-electron chi connectivity index (χ2n) is 9.32. The molecule has 0 fully saturated rings. The molecule has 2 aromatic heterocycles. The predicted octanol–water partition coefficient (Wildman–Crippen LogP) is 5.28. The van der Waals surface area contributed by atoms with Gasteiger partial charge in [0, 0.05) is 59.3 Å². The summed E-state index contributed by atoms with van der Waals surface area (Å²) in [6, 6.07) is 3.70. The van der Waals surface area contributed by atoms with Crippen molar-refractivity contribution in [2.45, 2.75) is 65.2 Å². The maximum atomic E-state index is 12.5. The summed E-state index contributed by atoms with van der Waals surface area (Å²) in [6.45, 7) is 5.23. The van der Waals surface area contributed by atoms with Gasteiger partial charge in [-0.1, -0.05) is 60.2 Å². The fourth-order valence-electron chi connectivity index (χ4n) is 4.18. The zero-order valence-electron chi connectivity index (χ0n) is 21.6. The molecule has 0 atom stereocenters. The topological polar surface area (TPSA) is 111 Å². The van der Waals surface area contributed by atoms with Crippen LogP contribution < -0.4 is 0 Å².